The minimum Gasteiger partial charge on any atom is -0.335 e. The van der Waals surface area contributed by atoms with Gasteiger partial charge in [-0.1, -0.05) is 24.3 Å². The first kappa shape index (κ1) is 16.0. The van der Waals surface area contributed by atoms with Gasteiger partial charge < -0.3 is 4.57 Å². The number of rotatable bonds is 6. The molecule has 1 aliphatic rings. The van der Waals surface area contributed by atoms with Gasteiger partial charge in [0, 0.05) is 23.9 Å². The highest BCUT2D eigenvalue weighted by Crippen LogP contribution is 2.32. The summed E-state index contributed by atoms with van der Waals surface area (Å²) in [6, 6.07) is 7.85. The lowest BCUT2D eigenvalue weighted by molar-refractivity contribution is 0.0963. The van der Waals surface area contributed by atoms with Crippen LogP contribution >= 0.6 is 0 Å². The van der Waals surface area contributed by atoms with E-state index in [4.69, 9.17) is 4.18 Å². The second-order valence-electron chi connectivity index (χ2n) is 5.61. The third kappa shape index (κ3) is 3.09. The van der Waals surface area contributed by atoms with Crippen molar-refractivity contribution in [2.75, 3.05) is 12.4 Å². The summed E-state index contributed by atoms with van der Waals surface area (Å²) in [5.41, 5.74) is 2.74. The molecule has 1 aliphatic carbocycles. The lowest BCUT2D eigenvalue weighted by atomic mass is 9.94. The molecule has 0 bridgehead atoms. The fraction of sp³-hybridized carbons (Fsp3) is 0.353. The van der Waals surface area contributed by atoms with Gasteiger partial charge in [0.15, 0.2) is 5.78 Å². The van der Waals surface area contributed by atoms with E-state index in [2.05, 4.69) is 6.58 Å². The van der Waals surface area contributed by atoms with Crippen LogP contribution in [0.25, 0.3) is 10.9 Å². The Morgan fingerprint density at radius 2 is 2.04 bits per heavy atom. The van der Waals surface area contributed by atoms with E-state index in [1.165, 1.54) is 6.08 Å². The number of hydrogen-bond donors (Lipinski definition) is 0. The Kier molecular flexibility index (Phi) is 4.37. The first-order valence-electron chi connectivity index (χ1n) is 7.65. The average Bonchev–Trinajstić information content (AvgIpc) is 2.83. The van der Waals surface area contributed by atoms with E-state index >= 15 is 0 Å². The van der Waals surface area contributed by atoms with E-state index in [1.807, 2.05) is 28.8 Å². The molecule has 0 N–H and O–H groups in total. The first-order valence-corrected chi connectivity index (χ1v) is 9.22. The summed E-state index contributed by atoms with van der Waals surface area (Å²) < 4.78 is 30.1. The highest BCUT2D eigenvalue weighted by Gasteiger charge is 2.25. The molecule has 1 aromatic heterocycles. The highest BCUT2D eigenvalue weighted by molar-refractivity contribution is 7.86. The van der Waals surface area contributed by atoms with Crippen molar-refractivity contribution >= 4 is 26.8 Å². The van der Waals surface area contributed by atoms with Gasteiger partial charge in [-0.25, -0.2) is 0 Å². The van der Waals surface area contributed by atoms with Crippen LogP contribution in [0.15, 0.2) is 36.9 Å². The van der Waals surface area contributed by atoms with E-state index < -0.39 is 10.1 Å². The Morgan fingerprint density at radius 3 is 2.83 bits per heavy atom. The molecular formula is C17H19NO4S. The summed E-state index contributed by atoms with van der Waals surface area (Å²) in [5, 5.41) is 1.07. The largest absolute Gasteiger partial charge is 0.335 e. The zero-order valence-electron chi connectivity index (χ0n) is 12.8. The number of aromatic nitrogens is 1. The van der Waals surface area contributed by atoms with Gasteiger partial charge in [-0.15, -0.1) is 6.58 Å². The number of aryl methyl sites for hydroxylation is 1. The molecule has 0 radical (unpaired) electrons. The number of fused-ring (bicyclic) bond motifs is 3. The molecule has 0 saturated carbocycles. The second kappa shape index (κ2) is 6.29. The van der Waals surface area contributed by atoms with Gasteiger partial charge >= 0.3 is 0 Å². The van der Waals surface area contributed by atoms with Crippen LogP contribution in [0, 0.1) is 0 Å². The zero-order valence-corrected chi connectivity index (χ0v) is 13.6. The van der Waals surface area contributed by atoms with Crippen molar-refractivity contribution in [1.29, 1.82) is 0 Å². The summed E-state index contributed by atoms with van der Waals surface area (Å²) in [6.45, 7) is 3.74. The third-order valence-corrected chi connectivity index (χ3v) is 5.24. The number of ketones is 1. The summed E-state index contributed by atoms with van der Waals surface area (Å²) in [5.74, 6) is -0.0902. The molecule has 1 heterocycles. The smallest absolute Gasteiger partial charge is 0.270 e. The van der Waals surface area contributed by atoms with Crippen LogP contribution in [0.2, 0.25) is 0 Å². The quantitative estimate of drug-likeness (QED) is 0.602. The summed E-state index contributed by atoms with van der Waals surface area (Å²) in [6.07, 6.45) is 3.58. The molecule has 1 aromatic carbocycles. The van der Waals surface area contributed by atoms with Crippen LogP contribution in [-0.4, -0.2) is 31.1 Å². The fourth-order valence-electron chi connectivity index (χ4n) is 3.17. The van der Waals surface area contributed by atoms with Crippen LogP contribution in [0.3, 0.4) is 0 Å². The lowest BCUT2D eigenvalue weighted by Crippen LogP contribution is -2.19. The molecule has 0 aliphatic heterocycles. The molecule has 0 amide bonds. The van der Waals surface area contributed by atoms with E-state index in [9.17, 15) is 13.2 Å². The van der Waals surface area contributed by atoms with Crippen molar-refractivity contribution in [3.05, 3.63) is 48.2 Å². The SMILES string of the molecule is C=CCS(=O)(=O)OCCn1c2c(c3ccccc31)CCCC2=O. The number of carbonyl (C=O) groups is 1. The number of hydrogen-bond acceptors (Lipinski definition) is 4. The van der Waals surface area contributed by atoms with Crippen molar-refractivity contribution in [1.82, 2.24) is 4.57 Å². The molecule has 0 fully saturated rings. The maximum Gasteiger partial charge on any atom is 0.270 e. The Hall–Kier alpha value is -1.92. The van der Waals surface area contributed by atoms with Crippen LogP contribution in [0.1, 0.15) is 28.9 Å². The highest BCUT2D eigenvalue weighted by atomic mass is 32.2. The molecule has 2 aromatic rings. The maximum absolute atomic E-state index is 12.3. The molecule has 0 unspecified atom stereocenters. The molecule has 122 valence electrons. The van der Waals surface area contributed by atoms with Crippen LogP contribution in [-0.2, 0) is 27.3 Å². The maximum atomic E-state index is 12.3. The summed E-state index contributed by atoms with van der Waals surface area (Å²) >= 11 is 0. The molecule has 6 heteroatoms. The standard InChI is InChI=1S/C17H19NO4S/c1-2-12-23(20,21)22-11-10-18-15-8-4-3-6-13(15)14-7-5-9-16(19)17(14)18/h2-4,6,8H,1,5,7,9-12H2. The van der Waals surface area contributed by atoms with Gasteiger partial charge in [-0.3, -0.25) is 8.98 Å². The molecule has 0 spiro atoms. The number of para-hydroxylation sites is 1. The number of nitrogens with zero attached hydrogens (tertiary/aromatic N) is 1. The predicted molar refractivity (Wildman–Crippen MR) is 89.1 cm³/mol. The third-order valence-electron chi connectivity index (χ3n) is 4.07. The predicted octanol–water partition coefficient (Wildman–Crippen LogP) is 2.69. The van der Waals surface area contributed by atoms with E-state index in [1.54, 1.807) is 0 Å². The number of benzene rings is 1. The van der Waals surface area contributed by atoms with Gasteiger partial charge in [0.1, 0.15) is 0 Å². The Bertz CT molecular complexity index is 864. The molecule has 5 nitrogen and oxygen atoms in total. The lowest BCUT2D eigenvalue weighted by Gasteiger charge is -2.15. The van der Waals surface area contributed by atoms with Gasteiger partial charge in [-0.05, 0) is 24.5 Å². The minimum atomic E-state index is -3.59. The van der Waals surface area contributed by atoms with Gasteiger partial charge in [0.25, 0.3) is 10.1 Å². The number of Topliss-reactive ketones (excluding diaryl/α,β-unsaturated/α-hetero) is 1. The Balaban J connectivity index is 1.93. The molecule has 0 atom stereocenters. The van der Waals surface area contributed by atoms with Crippen molar-refractivity contribution < 1.29 is 17.4 Å². The van der Waals surface area contributed by atoms with Gasteiger partial charge in [0.2, 0.25) is 0 Å². The second-order valence-corrected chi connectivity index (χ2v) is 7.29. The average molecular weight is 333 g/mol. The number of carbonyl (C=O) groups excluding carboxylic acids is 1. The topological polar surface area (TPSA) is 65.4 Å². The molecule has 3 rings (SSSR count). The van der Waals surface area contributed by atoms with Crippen molar-refractivity contribution in [2.24, 2.45) is 0 Å². The molecular weight excluding hydrogens is 314 g/mol. The van der Waals surface area contributed by atoms with Crippen LogP contribution in [0.5, 0.6) is 0 Å². The normalized spacial score (nSPS) is 14.9. The summed E-state index contributed by atoms with van der Waals surface area (Å²) in [7, 11) is -3.59. The van der Waals surface area contributed by atoms with Crippen LogP contribution < -0.4 is 0 Å². The Morgan fingerprint density at radius 1 is 1.26 bits per heavy atom. The van der Waals surface area contributed by atoms with Crippen LogP contribution in [0.4, 0.5) is 0 Å². The monoisotopic (exact) mass is 333 g/mol. The van der Waals surface area contributed by atoms with Gasteiger partial charge in [-0.2, -0.15) is 8.42 Å². The summed E-state index contributed by atoms with van der Waals surface area (Å²) in [4.78, 5) is 12.3. The molecule has 0 saturated heterocycles. The van der Waals surface area contributed by atoms with Gasteiger partial charge in [0.05, 0.1) is 18.1 Å². The van der Waals surface area contributed by atoms with E-state index in [0.29, 0.717) is 18.7 Å². The van der Waals surface area contributed by atoms with Crippen molar-refractivity contribution in [3.8, 4) is 0 Å². The van der Waals surface area contributed by atoms with E-state index in [-0.39, 0.29) is 18.1 Å². The zero-order chi connectivity index (χ0) is 16.4. The fourth-order valence-corrected chi connectivity index (χ4v) is 3.88. The Labute approximate surface area is 135 Å². The van der Waals surface area contributed by atoms with E-state index in [0.717, 1.165) is 29.3 Å². The first-order chi connectivity index (χ1) is 11.0. The van der Waals surface area contributed by atoms with Crippen molar-refractivity contribution in [2.45, 2.75) is 25.8 Å². The molecule has 23 heavy (non-hydrogen) atoms. The van der Waals surface area contributed by atoms with Crippen molar-refractivity contribution in [3.63, 3.8) is 0 Å². The minimum absolute atomic E-state index is 0.00850.